The Hall–Kier alpha value is -2.28. The van der Waals surface area contributed by atoms with Crippen LogP contribution >= 0.6 is 0 Å². The molecule has 1 aromatic rings. The number of carbonyl (C=O) groups is 2. The third kappa shape index (κ3) is 5.57. The molecule has 0 fully saturated rings. The molecule has 4 nitrogen and oxygen atoms in total. The van der Waals surface area contributed by atoms with Crippen molar-refractivity contribution in [3.63, 3.8) is 0 Å². The fourth-order valence-electron chi connectivity index (χ4n) is 1.42. The van der Waals surface area contributed by atoms with Gasteiger partial charge in [0.1, 0.15) is 11.9 Å². The SMILES string of the molecule is Cc1ccc(C=O)cc1C#CCNC(=O)OC(C)(C)C. The molecule has 1 aromatic carbocycles. The number of hydrogen-bond donors (Lipinski definition) is 1. The molecule has 20 heavy (non-hydrogen) atoms. The van der Waals surface area contributed by atoms with E-state index in [1.807, 2.05) is 13.0 Å². The lowest BCUT2D eigenvalue weighted by Crippen LogP contribution is -2.32. The lowest BCUT2D eigenvalue weighted by Gasteiger charge is -2.19. The number of benzene rings is 1. The third-order valence-corrected chi connectivity index (χ3v) is 2.34. The van der Waals surface area contributed by atoms with Crippen LogP contribution in [-0.2, 0) is 4.74 Å². The molecule has 0 saturated heterocycles. The van der Waals surface area contributed by atoms with Crippen LogP contribution < -0.4 is 5.32 Å². The summed E-state index contributed by atoms with van der Waals surface area (Å²) >= 11 is 0. The smallest absolute Gasteiger partial charge is 0.408 e. The van der Waals surface area contributed by atoms with Crippen LogP contribution in [0.3, 0.4) is 0 Å². The summed E-state index contributed by atoms with van der Waals surface area (Å²) in [5.74, 6) is 5.76. The van der Waals surface area contributed by atoms with Crippen LogP contribution in [-0.4, -0.2) is 24.5 Å². The summed E-state index contributed by atoms with van der Waals surface area (Å²) in [7, 11) is 0. The van der Waals surface area contributed by atoms with Gasteiger partial charge in [0.25, 0.3) is 0 Å². The molecule has 1 N–H and O–H groups in total. The first-order chi connectivity index (χ1) is 9.31. The second-order valence-corrected chi connectivity index (χ2v) is 5.35. The maximum Gasteiger partial charge on any atom is 0.408 e. The van der Waals surface area contributed by atoms with Crippen LogP contribution in [0.5, 0.6) is 0 Å². The molecule has 1 amide bonds. The van der Waals surface area contributed by atoms with E-state index in [2.05, 4.69) is 17.2 Å². The van der Waals surface area contributed by atoms with Crippen molar-refractivity contribution >= 4 is 12.4 Å². The second-order valence-electron chi connectivity index (χ2n) is 5.35. The zero-order valence-electron chi connectivity index (χ0n) is 12.2. The number of hydrogen-bond acceptors (Lipinski definition) is 3. The summed E-state index contributed by atoms with van der Waals surface area (Å²) in [6, 6.07) is 5.31. The van der Waals surface area contributed by atoms with Gasteiger partial charge in [-0.05, 0) is 39.3 Å². The predicted octanol–water partition coefficient (Wildman–Crippen LogP) is 2.68. The molecule has 4 heteroatoms. The van der Waals surface area contributed by atoms with Gasteiger partial charge in [-0.3, -0.25) is 4.79 Å². The standard InChI is InChI=1S/C16H19NO3/c1-12-7-8-13(11-18)10-14(12)6-5-9-17-15(19)20-16(2,3)4/h7-8,10-11H,9H2,1-4H3,(H,17,19). The molecule has 0 saturated carbocycles. The minimum Gasteiger partial charge on any atom is -0.444 e. The first-order valence-electron chi connectivity index (χ1n) is 6.33. The van der Waals surface area contributed by atoms with E-state index in [1.54, 1.807) is 32.9 Å². The monoisotopic (exact) mass is 273 g/mol. The number of ether oxygens (including phenoxy) is 1. The van der Waals surface area contributed by atoms with Crippen molar-refractivity contribution in [3.05, 3.63) is 34.9 Å². The number of carbonyl (C=O) groups excluding carboxylic acids is 2. The van der Waals surface area contributed by atoms with E-state index in [0.29, 0.717) is 5.56 Å². The molecule has 0 aliphatic rings. The Labute approximate surface area is 119 Å². The van der Waals surface area contributed by atoms with Crippen molar-refractivity contribution in [3.8, 4) is 11.8 Å². The molecule has 0 spiro atoms. The minimum absolute atomic E-state index is 0.194. The van der Waals surface area contributed by atoms with Crippen LogP contribution in [0.15, 0.2) is 18.2 Å². The first-order valence-corrected chi connectivity index (χ1v) is 6.33. The Balaban J connectivity index is 2.59. The molecule has 0 bridgehead atoms. The highest BCUT2D eigenvalue weighted by Crippen LogP contribution is 2.08. The van der Waals surface area contributed by atoms with Gasteiger partial charge in [0.2, 0.25) is 0 Å². The van der Waals surface area contributed by atoms with Gasteiger partial charge >= 0.3 is 6.09 Å². The Bertz CT molecular complexity index is 559. The van der Waals surface area contributed by atoms with Gasteiger partial charge in [0, 0.05) is 11.1 Å². The zero-order valence-corrected chi connectivity index (χ0v) is 12.2. The molecule has 106 valence electrons. The highest BCUT2D eigenvalue weighted by molar-refractivity contribution is 5.76. The minimum atomic E-state index is -0.521. The van der Waals surface area contributed by atoms with Gasteiger partial charge in [-0.25, -0.2) is 4.79 Å². The number of alkyl carbamates (subject to hydrolysis) is 1. The van der Waals surface area contributed by atoms with E-state index < -0.39 is 11.7 Å². The number of aldehydes is 1. The summed E-state index contributed by atoms with van der Waals surface area (Å²) < 4.78 is 5.09. The molecule has 0 aliphatic carbocycles. The lowest BCUT2D eigenvalue weighted by atomic mass is 10.1. The molecule has 0 heterocycles. The molecule has 0 aliphatic heterocycles. The summed E-state index contributed by atoms with van der Waals surface area (Å²) in [4.78, 5) is 22.1. The van der Waals surface area contributed by atoms with Gasteiger partial charge in [0.15, 0.2) is 0 Å². The summed E-state index contributed by atoms with van der Waals surface area (Å²) in [6.45, 7) is 7.51. The number of nitrogens with one attached hydrogen (secondary N) is 1. The normalized spacial score (nSPS) is 10.2. The fraction of sp³-hybridized carbons (Fsp3) is 0.375. The largest absolute Gasteiger partial charge is 0.444 e. The Morgan fingerprint density at radius 2 is 2.10 bits per heavy atom. The molecular weight excluding hydrogens is 254 g/mol. The van der Waals surface area contributed by atoms with Crippen LogP contribution in [0.2, 0.25) is 0 Å². The van der Waals surface area contributed by atoms with E-state index in [4.69, 9.17) is 4.74 Å². The van der Waals surface area contributed by atoms with Crippen LogP contribution in [0, 0.1) is 18.8 Å². The molecular formula is C16H19NO3. The average molecular weight is 273 g/mol. The molecule has 0 aromatic heterocycles. The highest BCUT2D eigenvalue weighted by atomic mass is 16.6. The van der Waals surface area contributed by atoms with Crippen molar-refractivity contribution in [1.29, 1.82) is 0 Å². The van der Waals surface area contributed by atoms with Crippen molar-refractivity contribution in [2.24, 2.45) is 0 Å². The van der Waals surface area contributed by atoms with Gasteiger partial charge in [-0.2, -0.15) is 0 Å². The lowest BCUT2D eigenvalue weighted by molar-refractivity contribution is 0.0535. The summed E-state index contributed by atoms with van der Waals surface area (Å²) in [6.07, 6.45) is 0.286. The van der Waals surface area contributed by atoms with E-state index in [-0.39, 0.29) is 6.54 Å². The molecule has 0 atom stereocenters. The summed E-state index contributed by atoms with van der Waals surface area (Å²) in [5, 5.41) is 2.55. The quantitative estimate of drug-likeness (QED) is 0.666. The van der Waals surface area contributed by atoms with Crippen molar-refractivity contribution in [2.45, 2.75) is 33.3 Å². The van der Waals surface area contributed by atoms with E-state index in [1.165, 1.54) is 0 Å². The first kappa shape index (κ1) is 15.8. The van der Waals surface area contributed by atoms with Crippen LogP contribution in [0.4, 0.5) is 4.79 Å². The average Bonchev–Trinajstić information content (AvgIpc) is 2.34. The highest BCUT2D eigenvalue weighted by Gasteiger charge is 2.14. The van der Waals surface area contributed by atoms with Gasteiger partial charge in [-0.1, -0.05) is 24.0 Å². The van der Waals surface area contributed by atoms with Crippen molar-refractivity contribution in [1.82, 2.24) is 5.32 Å². The third-order valence-electron chi connectivity index (χ3n) is 2.34. The Morgan fingerprint density at radius 3 is 2.70 bits per heavy atom. The molecule has 1 rings (SSSR count). The van der Waals surface area contributed by atoms with Gasteiger partial charge < -0.3 is 10.1 Å². The number of aryl methyl sites for hydroxylation is 1. The van der Waals surface area contributed by atoms with Gasteiger partial charge in [-0.15, -0.1) is 0 Å². The zero-order chi connectivity index (χ0) is 15.2. The van der Waals surface area contributed by atoms with Crippen LogP contribution in [0.25, 0.3) is 0 Å². The topological polar surface area (TPSA) is 55.4 Å². The number of rotatable bonds is 2. The van der Waals surface area contributed by atoms with Crippen molar-refractivity contribution < 1.29 is 14.3 Å². The molecule has 0 radical (unpaired) electrons. The predicted molar refractivity (Wildman–Crippen MR) is 77.7 cm³/mol. The maximum atomic E-state index is 11.4. The van der Waals surface area contributed by atoms with E-state index in [0.717, 1.165) is 17.4 Å². The molecule has 0 unspecified atom stereocenters. The van der Waals surface area contributed by atoms with E-state index in [9.17, 15) is 9.59 Å². The van der Waals surface area contributed by atoms with E-state index >= 15 is 0 Å². The van der Waals surface area contributed by atoms with Crippen molar-refractivity contribution in [2.75, 3.05) is 6.54 Å². The van der Waals surface area contributed by atoms with Crippen LogP contribution in [0.1, 0.15) is 42.3 Å². The number of amides is 1. The fourth-order valence-corrected chi connectivity index (χ4v) is 1.42. The Morgan fingerprint density at radius 1 is 1.40 bits per heavy atom. The summed E-state index contributed by atoms with van der Waals surface area (Å²) in [5.41, 5.74) is 1.83. The van der Waals surface area contributed by atoms with Gasteiger partial charge in [0.05, 0.1) is 6.54 Å². The second kappa shape index (κ2) is 6.76. The maximum absolute atomic E-state index is 11.4. The Kier molecular flexibility index (Phi) is 5.33.